The lowest BCUT2D eigenvalue weighted by molar-refractivity contribution is 0.203. The smallest absolute Gasteiger partial charge is 0.123 e. The Hall–Kier alpha value is -1.24. The molecule has 0 spiro atoms. The number of rotatable bonds is 4. The first-order valence-corrected chi connectivity index (χ1v) is 6.23. The molecule has 1 aromatic rings. The second-order valence-corrected chi connectivity index (χ2v) is 4.51. The van der Waals surface area contributed by atoms with Crippen LogP contribution < -0.4 is 4.74 Å². The van der Waals surface area contributed by atoms with Crippen molar-refractivity contribution in [2.24, 2.45) is 0 Å². The van der Waals surface area contributed by atoms with Gasteiger partial charge in [-0.2, -0.15) is 0 Å². The quantitative estimate of drug-likeness (QED) is 0.688. The fourth-order valence-electron chi connectivity index (χ4n) is 2.18. The normalized spacial score (nSPS) is 18.7. The third kappa shape index (κ3) is 2.46. The fourth-order valence-corrected chi connectivity index (χ4v) is 2.18. The highest BCUT2D eigenvalue weighted by molar-refractivity contribution is 5.36. The molecule has 1 heterocycles. The second-order valence-electron chi connectivity index (χ2n) is 4.51. The Balaban J connectivity index is 1.99. The van der Waals surface area contributed by atoms with Crippen LogP contribution in [0.3, 0.4) is 0 Å². The minimum Gasteiger partial charge on any atom is -0.486 e. The van der Waals surface area contributed by atoms with Crippen LogP contribution in [0.15, 0.2) is 36.4 Å². The average molecular weight is 216 g/mol. The van der Waals surface area contributed by atoms with Crippen LogP contribution >= 0.6 is 0 Å². The van der Waals surface area contributed by atoms with Gasteiger partial charge in [0.2, 0.25) is 0 Å². The van der Waals surface area contributed by atoms with E-state index in [2.05, 4.69) is 31.7 Å². The Bertz CT molecular complexity index is 367. The molecule has 0 amide bonds. The van der Waals surface area contributed by atoms with E-state index in [0.717, 1.165) is 25.0 Å². The van der Waals surface area contributed by atoms with Gasteiger partial charge in [-0.1, -0.05) is 38.1 Å². The summed E-state index contributed by atoms with van der Waals surface area (Å²) >= 11 is 0. The van der Waals surface area contributed by atoms with E-state index in [1.165, 1.54) is 24.0 Å². The van der Waals surface area contributed by atoms with Crippen LogP contribution in [0.25, 0.3) is 0 Å². The third-order valence-electron chi connectivity index (χ3n) is 3.22. The van der Waals surface area contributed by atoms with Crippen LogP contribution in [-0.2, 0) is 6.42 Å². The van der Waals surface area contributed by atoms with Crippen molar-refractivity contribution < 1.29 is 4.74 Å². The Kier molecular flexibility index (Phi) is 3.66. The summed E-state index contributed by atoms with van der Waals surface area (Å²) in [6.07, 6.45) is 5.99. The Morgan fingerprint density at radius 1 is 1.44 bits per heavy atom. The highest BCUT2D eigenvalue weighted by Crippen LogP contribution is 2.30. The maximum absolute atomic E-state index is 5.99. The number of aryl methyl sites for hydroxylation is 1. The molecule has 0 saturated heterocycles. The van der Waals surface area contributed by atoms with E-state index in [4.69, 9.17) is 4.74 Å². The third-order valence-corrected chi connectivity index (χ3v) is 3.22. The molecule has 1 aliphatic heterocycles. The van der Waals surface area contributed by atoms with Crippen molar-refractivity contribution in [3.8, 4) is 5.75 Å². The second kappa shape index (κ2) is 5.20. The molecule has 16 heavy (non-hydrogen) atoms. The molecule has 1 aliphatic rings. The van der Waals surface area contributed by atoms with E-state index in [-0.39, 0.29) is 6.10 Å². The summed E-state index contributed by atoms with van der Waals surface area (Å²) < 4.78 is 5.99. The fraction of sp³-hybridized carbons (Fsp3) is 0.467. The molecule has 1 atom stereocenters. The molecule has 1 aromatic carbocycles. The lowest BCUT2D eigenvalue weighted by Crippen LogP contribution is -2.24. The summed E-state index contributed by atoms with van der Waals surface area (Å²) in [6, 6.07) is 8.33. The van der Waals surface area contributed by atoms with Crippen LogP contribution in [0.4, 0.5) is 0 Å². The lowest BCUT2D eigenvalue weighted by Gasteiger charge is -2.27. The van der Waals surface area contributed by atoms with Gasteiger partial charge >= 0.3 is 0 Å². The topological polar surface area (TPSA) is 9.23 Å². The predicted octanol–water partition coefficient (Wildman–Crippen LogP) is 4.13. The van der Waals surface area contributed by atoms with Gasteiger partial charge in [0.05, 0.1) is 0 Å². The van der Waals surface area contributed by atoms with Gasteiger partial charge < -0.3 is 4.74 Å². The number of hydrogen-bond acceptors (Lipinski definition) is 1. The van der Waals surface area contributed by atoms with Crippen LogP contribution in [0.1, 0.15) is 38.2 Å². The molecule has 0 N–H and O–H groups in total. The van der Waals surface area contributed by atoms with Crippen LogP contribution in [-0.4, -0.2) is 6.10 Å². The summed E-state index contributed by atoms with van der Waals surface area (Å²) in [4.78, 5) is 0. The Labute approximate surface area is 98.1 Å². The standard InChI is InChI=1S/C15H20O/c1-3-4-7-12(2)14-11-10-13-8-5-6-9-15(13)16-14/h5-6,8-9,14H,2-4,7,10-11H2,1H3. The highest BCUT2D eigenvalue weighted by Gasteiger charge is 2.20. The summed E-state index contributed by atoms with van der Waals surface area (Å²) in [5.41, 5.74) is 2.60. The molecular formula is C15H20O. The molecule has 0 saturated carbocycles. The van der Waals surface area contributed by atoms with E-state index < -0.39 is 0 Å². The van der Waals surface area contributed by atoms with Crippen molar-refractivity contribution >= 4 is 0 Å². The van der Waals surface area contributed by atoms with E-state index >= 15 is 0 Å². The maximum Gasteiger partial charge on any atom is 0.123 e. The van der Waals surface area contributed by atoms with Crippen molar-refractivity contribution in [3.05, 3.63) is 42.0 Å². The van der Waals surface area contributed by atoms with Crippen molar-refractivity contribution in [1.29, 1.82) is 0 Å². The molecule has 2 rings (SSSR count). The van der Waals surface area contributed by atoms with Crippen LogP contribution in [0, 0.1) is 0 Å². The van der Waals surface area contributed by atoms with Crippen molar-refractivity contribution in [3.63, 3.8) is 0 Å². The number of unbranched alkanes of at least 4 members (excludes halogenated alkanes) is 1. The lowest BCUT2D eigenvalue weighted by atomic mass is 9.95. The zero-order valence-corrected chi connectivity index (χ0v) is 10.0. The molecule has 86 valence electrons. The monoisotopic (exact) mass is 216 g/mol. The first-order valence-electron chi connectivity index (χ1n) is 6.23. The zero-order valence-electron chi connectivity index (χ0n) is 10.0. The largest absolute Gasteiger partial charge is 0.486 e. The number of para-hydroxylation sites is 1. The number of ether oxygens (including phenoxy) is 1. The van der Waals surface area contributed by atoms with E-state index in [9.17, 15) is 0 Å². The van der Waals surface area contributed by atoms with Crippen molar-refractivity contribution in [1.82, 2.24) is 0 Å². The van der Waals surface area contributed by atoms with Crippen LogP contribution in [0.5, 0.6) is 5.75 Å². The van der Waals surface area contributed by atoms with E-state index in [1.807, 2.05) is 6.07 Å². The van der Waals surface area contributed by atoms with Gasteiger partial charge in [0.15, 0.2) is 0 Å². The molecule has 0 fully saturated rings. The molecule has 0 radical (unpaired) electrons. The molecule has 1 nitrogen and oxygen atoms in total. The van der Waals surface area contributed by atoms with Crippen LogP contribution in [0.2, 0.25) is 0 Å². The first-order chi connectivity index (χ1) is 7.81. The summed E-state index contributed by atoms with van der Waals surface area (Å²) in [6.45, 7) is 6.38. The maximum atomic E-state index is 5.99. The highest BCUT2D eigenvalue weighted by atomic mass is 16.5. The van der Waals surface area contributed by atoms with Gasteiger partial charge in [0, 0.05) is 0 Å². The summed E-state index contributed by atoms with van der Waals surface area (Å²) in [5.74, 6) is 1.05. The molecule has 0 aromatic heterocycles. The van der Waals surface area contributed by atoms with Gasteiger partial charge in [0.25, 0.3) is 0 Å². The SMILES string of the molecule is C=C(CCCC)C1CCc2ccccc2O1. The average Bonchev–Trinajstić information content (AvgIpc) is 2.35. The van der Waals surface area contributed by atoms with Gasteiger partial charge in [0.1, 0.15) is 11.9 Å². The minimum atomic E-state index is 0.237. The minimum absolute atomic E-state index is 0.237. The van der Waals surface area contributed by atoms with Gasteiger partial charge in [-0.05, 0) is 42.9 Å². The molecule has 0 bridgehead atoms. The van der Waals surface area contributed by atoms with Crippen molar-refractivity contribution in [2.75, 3.05) is 0 Å². The van der Waals surface area contributed by atoms with Gasteiger partial charge in [-0.15, -0.1) is 0 Å². The first kappa shape index (κ1) is 11.3. The molecule has 1 unspecified atom stereocenters. The molecule has 1 heteroatoms. The van der Waals surface area contributed by atoms with Gasteiger partial charge in [-0.25, -0.2) is 0 Å². The number of hydrogen-bond donors (Lipinski definition) is 0. The summed E-state index contributed by atoms with van der Waals surface area (Å²) in [5, 5.41) is 0. The van der Waals surface area contributed by atoms with E-state index in [0.29, 0.717) is 0 Å². The zero-order chi connectivity index (χ0) is 11.4. The predicted molar refractivity (Wildman–Crippen MR) is 67.8 cm³/mol. The Morgan fingerprint density at radius 3 is 3.06 bits per heavy atom. The molecular weight excluding hydrogens is 196 g/mol. The van der Waals surface area contributed by atoms with E-state index in [1.54, 1.807) is 0 Å². The summed E-state index contributed by atoms with van der Waals surface area (Å²) in [7, 11) is 0. The number of benzene rings is 1. The Morgan fingerprint density at radius 2 is 2.25 bits per heavy atom. The number of fused-ring (bicyclic) bond motifs is 1. The molecule has 0 aliphatic carbocycles. The van der Waals surface area contributed by atoms with Gasteiger partial charge in [-0.3, -0.25) is 0 Å². The van der Waals surface area contributed by atoms with Crippen molar-refractivity contribution in [2.45, 2.75) is 45.1 Å².